The van der Waals surface area contributed by atoms with Crippen LogP contribution in [0.3, 0.4) is 0 Å². The Kier molecular flexibility index (Phi) is 4.61. The Balaban J connectivity index is 2.14. The number of rotatable bonds is 4. The summed E-state index contributed by atoms with van der Waals surface area (Å²) in [6.07, 6.45) is 3.90. The maximum Gasteiger partial charge on any atom is 0.243 e. The summed E-state index contributed by atoms with van der Waals surface area (Å²) >= 11 is 5.89. The second kappa shape index (κ2) is 6.22. The molecule has 3 nitrogen and oxygen atoms in total. The van der Waals surface area contributed by atoms with Crippen molar-refractivity contribution in [2.75, 3.05) is 13.2 Å². The molecule has 1 aliphatic rings. The molecule has 1 atom stereocenters. The summed E-state index contributed by atoms with van der Waals surface area (Å²) in [7, 11) is 0. The molecule has 1 saturated heterocycles. The van der Waals surface area contributed by atoms with Gasteiger partial charge < -0.3 is 10.1 Å². The van der Waals surface area contributed by atoms with E-state index in [2.05, 4.69) is 11.9 Å². The number of carbonyl (C=O) groups is 1. The Morgan fingerprint density at radius 3 is 2.79 bits per heavy atom. The van der Waals surface area contributed by atoms with E-state index in [4.69, 9.17) is 16.3 Å². The fourth-order valence-electron chi connectivity index (χ4n) is 2.44. The first-order chi connectivity index (χ1) is 9.13. The molecular weight excluding hydrogens is 262 g/mol. The first-order valence-electron chi connectivity index (χ1n) is 6.40. The van der Waals surface area contributed by atoms with Gasteiger partial charge in [-0.25, -0.2) is 0 Å². The van der Waals surface area contributed by atoms with Crippen molar-refractivity contribution in [3.63, 3.8) is 0 Å². The normalized spacial score (nSPS) is 22.8. The molecule has 1 N–H and O–H groups in total. The molecule has 0 radical (unpaired) electrons. The average Bonchev–Trinajstić information content (AvgIpc) is 2.42. The molecule has 19 heavy (non-hydrogen) atoms. The number of benzene rings is 1. The Labute approximate surface area is 118 Å². The van der Waals surface area contributed by atoms with Crippen LogP contribution in [0.15, 0.2) is 36.9 Å². The topological polar surface area (TPSA) is 38.3 Å². The third-order valence-electron chi connectivity index (χ3n) is 3.35. The molecule has 1 amide bonds. The monoisotopic (exact) mass is 279 g/mol. The Morgan fingerprint density at radius 2 is 2.21 bits per heavy atom. The molecule has 102 valence electrons. The van der Waals surface area contributed by atoms with Gasteiger partial charge in [-0.3, -0.25) is 4.79 Å². The number of hydrogen-bond donors (Lipinski definition) is 1. The molecule has 1 aromatic rings. The van der Waals surface area contributed by atoms with E-state index >= 15 is 0 Å². The zero-order chi connectivity index (χ0) is 13.7. The van der Waals surface area contributed by atoms with Crippen LogP contribution in [0.1, 0.15) is 18.4 Å². The summed E-state index contributed by atoms with van der Waals surface area (Å²) < 4.78 is 5.55. The van der Waals surface area contributed by atoms with Crippen LogP contribution in [0, 0.1) is 0 Å². The van der Waals surface area contributed by atoms with Crippen LogP contribution in [-0.2, 0) is 16.0 Å². The van der Waals surface area contributed by atoms with E-state index in [0.29, 0.717) is 11.6 Å². The minimum atomic E-state index is -0.336. The van der Waals surface area contributed by atoms with Gasteiger partial charge in [0.2, 0.25) is 5.91 Å². The highest BCUT2D eigenvalue weighted by Crippen LogP contribution is 2.24. The maximum atomic E-state index is 11.6. The first-order valence-corrected chi connectivity index (χ1v) is 6.78. The van der Waals surface area contributed by atoms with Crippen LogP contribution in [0.2, 0.25) is 5.02 Å². The lowest BCUT2D eigenvalue weighted by Crippen LogP contribution is -2.55. The van der Waals surface area contributed by atoms with Crippen LogP contribution in [0.5, 0.6) is 0 Å². The van der Waals surface area contributed by atoms with Crippen molar-refractivity contribution in [3.05, 3.63) is 47.5 Å². The number of carbonyl (C=O) groups excluding carboxylic acids is 1. The van der Waals surface area contributed by atoms with Gasteiger partial charge in [-0.05, 0) is 43.0 Å². The molecule has 1 fully saturated rings. The summed E-state index contributed by atoms with van der Waals surface area (Å²) in [6, 6.07) is 7.70. The Morgan fingerprint density at radius 1 is 1.47 bits per heavy atom. The summed E-state index contributed by atoms with van der Waals surface area (Å²) in [6.45, 7) is 4.80. The fourth-order valence-corrected chi connectivity index (χ4v) is 2.57. The van der Waals surface area contributed by atoms with Crippen LogP contribution < -0.4 is 5.32 Å². The van der Waals surface area contributed by atoms with Crippen molar-refractivity contribution >= 4 is 17.5 Å². The minimum Gasteiger partial charge on any atom is -0.379 e. The lowest BCUT2D eigenvalue weighted by atomic mass is 9.85. The standard InChI is InChI=1S/C15H18ClNO2/c1-2-14(18)17-15(8-3-9-19-11-15)10-12-4-6-13(16)7-5-12/h2,4-7H,1,3,8-11H2,(H,17,18). The van der Waals surface area contributed by atoms with Crippen molar-refractivity contribution in [3.8, 4) is 0 Å². The first kappa shape index (κ1) is 14.1. The molecule has 0 bridgehead atoms. The van der Waals surface area contributed by atoms with E-state index < -0.39 is 0 Å². The van der Waals surface area contributed by atoms with Gasteiger partial charge >= 0.3 is 0 Å². The third-order valence-corrected chi connectivity index (χ3v) is 3.60. The SMILES string of the molecule is C=CC(=O)NC1(Cc2ccc(Cl)cc2)CCCOC1. The van der Waals surface area contributed by atoms with Gasteiger partial charge in [0.05, 0.1) is 12.1 Å². The second-order valence-corrected chi connectivity index (χ2v) is 5.37. The highest BCUT2D eigenvalue weighted by Gasteiger charge is 2.34. The molecule has 0 spiro atoms. The quantitative estimate of drug-likeness (QED) is 0.861. The average molecular weight is 280 g/mol. The van der Waals surface area contributed by atoms with E-state index in [-0.39, 0.29) is 11.4 Å². The lowest BCUT2D eigenvalue weighted by Gasteiger charge is -2.37. The predicted molar refractivity (Wildman–Crippen MR) is 76.3 cm³/mol. The van der Waals surface area contributed by atoms with E-state index in [1.807, 2.05) is 24.3 Å². The molecule has 0 saturated carbocycles. The number of ether oxygens (including phenoxy) is 1. The smallest absolute Gasteiger partial charge is 0.243 e. The zero-order valence-electron chi connectivity index (χ0n) is 10.8. The van der Waals surface area contributed by atoms with Crippen molar-refractivity contribution < 1.29 is 9.53 Å². The number of amides is 1. The van der Waals surface area contributed by atoms with Crippen molar-refractivity contribution in [1.29, 1.82) is 0 Å². The Bertz CT molecular complexity index is 450. The molecule has 1 heterocycles. The van der Waals surface area contributed by atoms with Crippen molar-refractivity contribution in [1.82, 2.24) is 5.32 Å². The van der Waals surface area contributed by atoms with Gasteiger partial charge in [-0.1, -0.05) is 30.3 Å². The van der Waals surface area contributed by atoms with E-state index in [9.17, 15) is 4.79 Å². The minimum absolute atomic E-state index is 0.153. The number of halogens is 1. The third kappa shape index (κ3) is 3.82. The van der Waals surface area contributed by atoms with E-state index in [0.717, 1.165) is 31.4 Å². The fraction of sp³-hybridized carbons (Fsp3) is 0.400. The summed E-state index contributed by atoms with van der Waals surface area (Å²) in [5.41, 5.74) is 0.802. The molecule has 4 heteroatoms. The number of nitrogens with one attached hydrogen (secondary N) is 1. The van der Waals surface area contributed by atoms with Crippen molar-refractivity contribution in [2.24, 2.45) is 0 Å². The van der Waals surface area contributed by atoms with Crippen LogP contribution in [0.4, 0.5) is 0 Å². The van der Waals surface area contributed by atoms with E-state index in [1.54, 1.807) is 0 Å². The van der Waals surface area contributed by atoms with Gasteiger partial charge in [0.1, 0.15) is 0 Å². The molecule has 2 rings (SSSR count). The largest absolute Gasteiger partial charge is 0.379 e. The van der Waals surface area contributed by atoms with Gasteiger partial charge in [-0.2, -0.15) is 0 Å². The molecule has 1 unspecified atom stereocenters. The predicted octanol–water partition coefficient (Wildman–Crippen LogP) is 2.73. The highest BCUT2D eigenvalue weighted by molar-refractivity contribution is 6.30. The van der Waals surface area contributed by atoms with Crippen LogP contribution >= 0.6 is 11.6 Å². The van der Waals surface area contributed by atoms with E-state index in [1.165, 1.54) is 6.08 Å². The summed E-state index contributed by atoms with van der Waals surface area (Å²) in [5.74, 6) is -0.153. The Hall–Kier alpha value is -1.32. The number of hydrogen-bond acceptors (Lipinski definition) is 2. The molecule has 1 aliphatic heterocycles. The van der Waals surface area contributed by atoms with Gasteiger partial charge in [0.25, 0.3) is 0 Å². The van der Waals surface area contributed by atoms with Gasteiger partial charge in [0.15, 0.2) is 0 Å². The molecule has 0 aliphatic carbocycles. The summed E-state index contributed by atoms with van der Waals surface area (Å²) in [5, 5.41) is 3.75. The van der Waals surface area contributed by atoms with Gasteiger partial charge in [0, 0.05) is 11.6 Å². The van der Waals surface area contributed by atoms with Crippen LogP contribution in [0.25, 0.3) is 0 Å². The molecular formula is C15H18ClNO2. The van der Waals surface area contributed by atoms with Crippen LogP contribution in [-0.4, -0.2) is 24.7 Å². The summed E-state index contributed by atoms with van der Waals surface area (Å²) in [4.78, 5) is 11.6. The van der Waals surface area contributed by atoms with Crippen molar-refractivity contribution in [2.45, 2.75) is 24.8 Å². The second-order valence-electron chi connectivity index (χ2n) is 4.93. The zero-order valence-corrected chi connectivity index (χ0v) is 11.6. The molecule has 1 aromatic carbocycles. The molecule has 0 aromatic heterocycles. The van der Waals surface area contributed by atoms with Gasteiger partial charge in [-0.15, -0.1) is 0 Å². The lowest BCUT2D eigenvalue weighted by molar-refractivity contribution is -0.120. The highest BCUT2D eigenvalue weighted by atomic mass is 35.5. The maximum absolute atomic E-state index is 11.6.